The fourth-order valence-corrected chi connectivity index (χ4v) is 3.91. The third-order valence-electron chi connectivity index (χ3n) is 5.69. The number of alkyl halides is 3. The van der Waals surface area contributed by atoms with Gasteiger partial charge in [-0.3, -0.25) is 4.79 Å². The maximum Gasteiger partial charge on any atom is 0.416 e. The van der Waals surface area contributed by atoms with Crippen LogP contribution >= 0.6 is 11.6 Å². The molecule has 0 aliphatic carbocycles. The Morgan fingerprint density at radius 3 is 2.54 bits per heavy atom. The van der Waals surface area contributed by atoms with Crippen LogP contribution in [0, 0.1) is 6.92 Å². The lowest BCUT2D eigenvalue weighted by atomic mass is 9.96. The number of ether oxygens (including phenoxy) is 1. The first-order chi connectivity index (χ1) is 16.5. The molecule has 3 aromatic rings. The molecule has 4 nitrogen and oxygen atoms in total. The first-order valence-electron chi connectivity index (χ1n) is 11.2. The standard InChI is InChI=1S/C27H27ClF3NO3/c1-17-6-7-21(12-19(17)8-9-26(33)34)22-13-23(27(29,30)31)16-25(15-22)35-11-10-32-18(2)20-4-3-5-24(28)14-20/h3-7,12-16,18,32H,8-11H2,1-2H3,(H,33,34). The minimum absolute atomic E-state index is 0.00819. The summed E-state index contributed by atoms with van der Waals surface area (Å²) >= 11 is 6.03. The number of halogens is 4. The van der Waals surface area contributed by atoms with Crippen LogP contribution in [0.15, 0.2) is 60.7 Å². The minimum Gasteiger partial charge on any atom is -0.492 e. The molecule has 1 unspecified atom stereocenters. The highest BCUT2D eigenvalue weighted by atomic mass is 35.5. The Balaban J connectivity index is 1.75. The van der Waals surface area contributed by atoms with Crippen molar-refractivity contribution in [3.63, 3.8) is 0 Å². The second kappa shape index (κ2) is 11.6. The lowest BCUT2D eigenvalue weighted by molar-refractivity contribution is -0.138. The van der Waals surface area contributed by atoms with E-state index in [9.17, 15) is 18.0 Å². The van der Waals surface area contributed by atoms with E-state index < -0.39 is 17.7 Å². The number of carboxylic acid groups (broad SMARTS) is 1. The SMILES string of the molecule is Cc1ccc(-c2cc(OCCNC(C)c3cccc(Cl)c3)cc(C(F)(F)F)c2)cc1CCC(=O)O. The van der Waals surface area contributed by atoms with Crippen LogP contribution in [-0.2, 0) is 17.4 Å². The molecule has 186 valence electrons. The fourth-order valence-electron chi connectivity index (χ4n) is 3.71. The van der Waals surface area contributed by atoms with Gasteiger partial charge in [0.25, 0.3) is 0 Å². The summed E-state index contributed by atoms with van der Waals surface area (Å²) in [5, 5.41) is 12.9. The van der Waals surface area contributed by atoms with Gasteiger partial charge >= 0.3 is 12.1 Å². The van der Waals surface area contributed by atoms with Crippen LogP contribution in [0.2, 0.25) is 5.02 Å². The molecule has 0 saturated heterocycles. The summed E-state index contributed by atoms with van der Waals surface area (Å²) in [6.45, 7) is 4.40. The van der Waals surface area contributed by atoms with Gasteiger partial charge in [-0.1, -0.05) is 41.9 Å². The van der Waals surface area contributed by atoms with E-state index in [0.717, 1.165) is 28.8 Å². The van der Waals surface area contributed by atoms with E-state index in [4.69, 9.17) is 21.4 Å². The molecule has 3 aromatic carbocycles. The molecule has 0 aliphatic heterocycles. The van der Waals surface area contributed by atoms with Gasteiger partial charge in [-0.2, -0.15) is 13.2 Å². The van der Waals surface area contributed by atoms with Crippen LogP contribution in [-0.4, -0.2) is 24.2 Å². The fraction of sp³-hybridized carbons (Fsp3) is 0.296. The normalized spacial score (nSPS) is 12.4. The lowest BCUT2D eigenvalue weighted by Gasteiger charge is -2.17. The second-order valence-electron chi connectivity index (χ2n) is 8.36. The van der Waals surface area contributed by atoms with Crippen molar-refractivity contribution < 1.29 is 27.8 Å². The van der Waals surface area contributed by atoms with Crippen LogP contribution in [0.4, 0.5) is 13.2 Å². The molecule has 0 aromatic heterocycles. The third kappa shape index (κ3) is 7.73. The molecule has 1 atom stereocenters. The maximum absolute atomic E-state index is 13.6. The molecule has 0 amide bonds. The highest BCUT2D eigenvalue weighted by Crippen LogP contribution is 2.36. The van der Waals surface area contributed by atoms with Gasteiger partial charge in [-0.25, -0.2) is 0 Å². The number of hydrogen-bond donors (Lipinski definition) is 2. The Morgan fingerprint density at radius 2 is 1.86 bits per heavy atom. The van der Waals surface area contributed by atoms with Crippen molar-refractivity contribution in [2.75, 3.05) is 13.2 Å². The molecule has 0 aliphatic rings. The molecule has 0 spiro atoms. The Labute approximate surface area is 207 Å². The summed E-state index contributed by atoms with van der Waals surface area (Å²) in [6.07, 6.45) is -4.29. The van der Waals surface area contributed by atoms with Crippen LogP contribution < -0.4 is 10.1 Å². The molecule has 35 heavy (non-hydrogen) atoms. The van der Waals surface area contributed by atoms with E-state index >= 15 is 0 Å². The van der Waals surface area contributed by atoms with Crippen molar-refractivity contribution in [2.24, 2.45) is 0 Å². The molecule has 0 bridgehead atoms. The second-order valence-corrected chi connectivity index (χ2v) is 8.79. The number of hydrogen-bond acceptors (Lipinski definition) is 3. The van der Waals surface area contributed by atoms with Crippen LogP contribution in [0.25, 0.3) is 11.1 Å². The van der Waals surface area contributed by atoms with E-state index in [1.54, 1.807) is 30.3 Å². The smallest absolute Gasteiger partial charge is 0.416 e. The molecule has 8 heteroatoms. The minimum atomic E-state index is -4.54. The monoisotopic (exact) mass is 505 g/mol. The zero-order valence-corrected chi connectivity index (χ0v) is 20.2. The maximum atomic E-state index is 13.6. The van der Waals surface area contributed by atoms with Gasteiger partial charge in [-0.15, -0.1) is 0 Å². The average molecular weight is 506 g/mol. The van der Waals surface area contributed by atoms with E-state index in [1.165, 1.54) is 0 Å². The van der Waals surface area contributed by atoms with Crippen molar-refractivity contribution in [3.05, 3.63) is 87.9 Å². The van der Waals surface area contributed by atoms with Gasteiger partial charge in [0.1, 0.15) is 12.4 Å². The Morgan fingerprint density at radius 1 is 1.09 bits per heavy atom. The van der Waals surface area contributed by atoms with Crippen molar-refractivity contribution >= 4 is 17.6 Å². The van der Waals surface area contributed by atoms with E-state index in [0.29, 0.717) is 29.1 Å². The third-order valence-corrected chi connectivity index (χ3v) is 5.93. The highest BCUT2D eigenvalue weighted by molar-refractivity contribution is 6.30. The Kier molecular flexibility index (Phi) is 8.81. The van der Waals surface area contributed by atoms with Crippen molar-refractivity contribution in [2.45, 2.75) is 38.9 Å². The van der Waals surface area contributed by atoms with Gasteiger partial charge in [0.05, 0.1) is 5.56 Å². The van der Waals surface area contributed by atoms with Crippen LogP contribution in [0.5, 0.6) is 5.75 Å². The van der Waals surface area contributed by atoms with E-state index in [1.807, 2.05) is 32.0 Å². The summed E-state index contributed by atoms with van der Waals surface area (Å²) in [5.74, 6) is -0.817. The largest absolute Gasteiger partial charge is 0.492 e. The zero-order valence-electron chi connectivity index (χ0n) is 19.5. The van der Waals surface area contributed by atoms with Gasteiger partial charge in [0.2, 0.25) is 0 Å². The first kappa shape index (κ1) is 26.6. The van der Waals surface area contributed by atoms with Gasteiger partial charge < -0.3 is 15.2 Å². The summed E-state index contributed by atoms with van der Waals surface area (Å²) in [7, 11) is 0. The Hall–Kier alpha value is -3.03. The first-order valence-corrected chi connectivity index (χ1v) is 11.6. The summed E-state index contributed by atoms with van der Waals surface area (Å²) in [6, 6.07) is 16.3. The Bertz CT molecular complexity index is 1180. The molecule has 0 fully saturated rings. The number of aryl methyl sites for hydroxylation is 2. The molecule has 0 radical (unpaired) electrons. The molecular formula is C27H27ClF3NO3. The topological polar surface area (TPSA) is 58.6 Å². The molecular weight excluding hydrogens is 479 g/mol. The summed E-state index contributed by atoms with van der Waals surface area (Å²) < 4.78 is 46.4. The average Bonchev–Trinajstić information content (AvgIpc) is 2.80. The van der Waals surface area contributed by atoms with Crippen molar-refractivity contribution in [1.29, 1.82) is 0 Å². The molecule has 0 heterocycles. The quantitative estimate of drug-likeness (QED) is 0.289. The number of nitrogens with one attached hydrogen (secondary N) is 1. The van der Waals surface area contributed by atoms with Gasteiger partial charge in [0.15, 0.2) is 0 Å². The highest BCUT2D eigenvalue weighted by Gasteiger charge is 2.31. The van der Waals surface area contributed by atoms with Crippen molar-refractivity contribution in [1.82, 2.24) is 5.32 Å². The predicted molar refractivity (Wildman–Crippen MR) is 131 cm³/mol. The lowest BCUT2D eigenvalue weighted by Crippen LogP contribution is -2.24. The van der Waals surface area contributed by atoms with Crippen LogP contribution in [0.1, 0.15) is 41.6 Å². The predicted octanol–water partition coefficient (Wildman–Crippen LogP) is 7.08. The van der Waals surface area contributed by atoms with Gasteiger partial charge in [0, 0.05) is 24.0 Å². The molecule has 2 N–H and O–H groups in total. The van der Waals surface area contributed by atoms with Crippen molar-refractivity contribution in [3.8, 4) is 16.9 Å². The molecule has 0 saturated carbocycles. The summed E-state index contributed by atoms with van der Waals surface area (Å²) in [4.78, 5) is 10.9. The van der Waals surface area contributed by atoms with E-state index in [-0.39, 0.29) is 24.8 Å². The van der Waals surface area contributed by atoms with Gasteiger partial charge in [-0.05, 0) is 78.4 Å². The summed E-state index contributed by atoms with van der Waals surface area (Å²) in [5.41, 5.74) is 2.78. The van der Waals surface area contributed by atoms with E-state index in [2.05, 4.69) is 5.32 Å². The number of carbonyl (C=O) groups is 1. The number of carboxylic acids is 1. The van der Waals surface area contributed by atoms with Crippen LogP contribution in [0.3, 0.4) is 0 Å². The number of rotatable bonds is 10. The molecule has 3 rings (SSSR count). The zero-order chi connectivity index (χ0) is 25.6. The number of benzene rings is 3. The number of aliphatic carboxylic acids is 1.